The molecule has 39 valence electrons. The fourth-order valence-corrected chi connectivity index (χ4v) is 0.355. The van der Waals surface area contributed by atoms with Crippen molar-refractivity contribution < 1.29 is 20.2 Å². The van der Waals surface area contributed by atoms with Gasteiger partial charge in [0.1, 0.15) is 0 Å². The number of rotatable bonds is 3. The van der Waals surface area contributed by atoms with Crippen LogP contribution in [0.3, 0.4) is 0 Å². The van der Waals surface area contributed by atoms with E-state index in [-0.39, 0.29) is 0 Å². The molecule has 0 amide bonds. The van der Waals surface area contributed by atoms with Crippen molar-refractivity contribution in [3.8, 4) is 0 Å². The van der Waals surface area contributed by atoms with Gasteiger partial charge in [0.15, 0.2) is 0 Å². The standard InChI is InChI=1S/C4H9O.Fe/c1-2-3-4-5;/h2-4H2,1H3;/q-1;+1. The molecule has 0 saturated carbocycles. The second-order valence-corrected chi connectivity index (χ2v) is 1.48. The van der Waals surface area contributed by atoms with Crippen molar-refractivity contribution in [3.63, 3.8) is 0 Å². The van der Waals surface area contributed by atoms with E-state index in [1.165, 1.54) is 6.42 Å². The summed E-state index contributed by atoms with van der Waals surface area (Å²) in [6.45, 7) is 2.93. The van der Waals surface area contributed by atoms with Gasteiger partial charge in [-0.1, -0.05) is 0 Å². The predicted octanol–water partition coefficient (Wildman–Crippen LogP) is 1.26. The molecular weight excluding hydrogens is 120 g/mol. The normalized spacial score (nSPS) is 9.00. The minimum absolute atomic E-state index is 0.802. The second kappa shape index (κ2) is 5.48. The van der Waals surface area contributed by atoms with E-state index < -0.39 is 0 Å². The Morgan fingerprint density at radius 1 is 1.67 bits per heavy atom. The Labute approximate surface area is 47.2 Å². The maximum atomic E-state index is 4.53. The molecule has 0 bridgehead atoms. The van der Waals surface area contributed by atoms with Crippen LogP contribution in [-0.2, 0) is 20.2 Å². The van der Waals surface area contributed by atoms with Crippen molar-refractivity contribution >= 4 is 0 Å². The molecule has 0 aliphatic heterocycles. The molecule has 0 rings (SSSR count). The minimum atomic E-state index is 0.802. The number of unbranched alkanes of at least 4 members (excludes halogenated alkanes) is 1. The summed E-state index contributed by atoms with van der Waals surface area (Å²) < 4.78 is 4.53. The van der Waals surface area contributed by atoms with Gasteiger partial charge in [-0.2, -0.15) is 0 Å². The zero-order valence-electron chi connectivity index (χ0n) is 3.88. The van der Waals surface area contributed by atoms with Crippen LogP contribution in [0.5, 0.6) is 0 Å². The van der Waals surface area contributed by atoms with Crippen molar-refractivity contribution in [1.29, 1.82) is 0 Å². The van der Waals surface area contributed by atoms with E-state index in [9.17, 15) is 0 Å². The van der Waals surface area contributed by atoms with Crippen molar-refractivity contribution in [2.24, 2.45) is 0 Å². The summed E-state index contributed by atoms with van der Waals surface area (Å²) in [6, 6.07) is 0. The first-order chi connectivity index (χ1) is 2.91. The SMILES string of the molecule is CCCC[O][Fe]. The first kappa shape index (κ1) is 6.48. The fraction of sp³-hybridized carbons (Fsp3) is 1.00. The third-order valence-corrected chi connectivity index (χ3v) is 0.795. The summed E-state index contributed by atoms with van der Waals surface area (Å²) >= 11 is 3.22. The van der Waals surface area contributed by atoms with Gasteiger partial charge < -0.3 is 0 Å². The molecule has 0 aliphatic carbocycles. The zero-order valence-corrected chi connectivity index (χ0v) is 4.99. The zero-order chi connectivity index (χ0) is 4.83. The first-order valence-corrected chi connectivity index (χ1v) is 2.59. The molecule has 0 atom stereocenters. The molecule has 0 aromatic heterocycles. The van der Waals surface area contributed by atoms with E-state index in [0.29, 0.717) is 0 Å². The third kappa shape index (κ3) is 4.48. The van der Waals surface area contributed by atoms with E-state index >= 15 is 0 Å². The van der Waals surface area contributed by atoms with Crippen LogP contribution in [0.2, 0.25) is 0 Å². The Morgan fingerprint density at radius 2 is 2.33 bits per heavy atom. The Bertz CT molecular complexity index is 19.5. The molecule has 0 spiro atoms. The summed E-state index contributed by atoms with van der Waals surface area (Å²) in [4.78, 5) is 0. The summed E-state index contributed by atoms with van der Waals surface area (Å²) in [5.41, 5.74) is 0. The van der Waals surface area contributed by atoms with E-state index in [2.05, 4.69) is 27.1 Å². The maximum absolute atomic E-state index is 4.53. The van der Waals surface area contributed by atoms with Crippen LogP contribution in [0, 0.1) is 0 Å². The van der Waals surface area contributed by atoms with Gasteiger partial charge in [-0.25, -0.2) is 0 Å². The molecule has 0 aliphatic rings. The van der Waals surface area contributed by atoms with Crippen LogP contribution in [-0.4, -0.2) is 6.61 Å². The van der Waals surface area contributed by atoms with Crippen LogP contribution >= 0.6 is 0 Å². The molecule has 0 radical (unpaired) electrons. The molecule has 0 fully saturated rings. The molecule has 1 nitrogen and oxygen atoms in total. The van der Waals surface area contributed by atoms with E-state index in [1.807, 2.05) is 0 Å². The Balaban J connectivity index is 2.34. The van der Waals surface area contributed by atoms with Gasteiger partial charge in [-0.3, -0.25) is 0 Å². The van der Waals surface area contributed by atoms with E-state index in [4.69, 9.17) is 0 Å². The van der Waals surface area contributed by atoms with Gasteiger partial charge in [-0.15, -0.1) is 0 Å². The van der Waals surface area contributed by atoms with Crippen LogP contribution in [0.4, 0.5) is 0 Å². The monoisotopic (exact) mass is 129 g/mol. The molecular formula is C4H9FeO. The van der Waals surface area contributed by atoms with Gasteiger partial charge >= 0.3 is 46.5 Å². The average Bonchev–Trinajstić information content (AvgIpc) is 1.61. The summed E-state index contributed by atoms with van der Waals surface area (Å²) in [5.74, 6) is 0. The molecule has 6 heavy (non-hydrogen) atoms. The van der Waals surface area contributed by atoms with Crippen LogP contribution in [0.15, 0.2) is 0 Å². The number of hydrogen-bond donors (Lipinski definition) is 0. The van der Waals surface area contributed by atoms with Crippen LogP contribution in [0.1, 0.15) is 19.8 Å². The van der Waals surface area contributed by atoms with Gasteiger partial charge in [-0.05, 0) is 0 Å². The molecule has 0 N–H and O–H groups in total. The molecule has 0 saturated heterocycles. The van der Waals surface area contributed by atoms with Crippen molar-refractivity contribution in [1.82, 2.24) is 0 Å². The van der Waals surface area contributed by atoms with E-state index in [1.54, 1.807) is 0 Å². The molecule has 0 aromatic rings. The van der Waals surface area contributed by atoms with Crippen molar-refractivity contribution in [2.75, 3.05) is 6.61 Å². The Hall–Kier alpha value is 0.479. The summed E-state index contributed by atoms with van der Waals surface area (Å²) in [7, 11) is 0. The molecule has 0 heterocycles. The summed E-state index contributed by atoms with van der Waals surface area (Å²) in [5, 5.41) is 0. The van der Waals surface area contributed by atoms with Gasteiger partial charge in [0.25, 0.3) is 0 Å². The Kier molecular flexibility index (Phi) is 5.92. The second-order valence-electron chi connectivity index (χ2n) is 1.16. The van der Waals surface area contributed by atoms with Crippen molar-refractivity contribution in [2.45, 2.75) is 19.8 Å². The van der Waals surface area contributed by atoms with E-state index in [0.717, 1.165) is 13.0 Å². The summed E-state index contributed by atoms with van der Waals surface area (Å²) in [6.07, 6.45) is 2.32. The molecule has 2 heteroatoms. The van der Waals surface area contributed by atoms with Gasteiger partial charge in [0, 0.05) is 0 Å². The Morgan fingerprint density at radius 3 is 2.50 bits per heavy atom. The fourth-order valence-electron chi connectivity index (χ4n) is 0.195. The third-order valence-electron chi connectivity index (χ3n) is 0.570. The quantitative estimate of drug-likeness (QED) is 0.411. The van der Waals surface area contributed by atoms with Gasteiger partial charge in [0.05, 0.1) is 0 Å². The average molecular weight is 129 g/mol. The topological polar surface area (TPSA) is 9.23 Å². The number of hydrogen-bond acceptors (Lipinski definition) is 1. The van der Waals surface area contributed by atoms with Crippen LogP contribution < -0.4 is 0 Å². The predicted molar refractivity (Wildman–Crippen MR) is 20.9 cm³/mol. The molecule has 0 unspecified atom stereocenters. The van der Waals surface area contributed by atoms with Gasteiger partial charge in [0.2, 0.25) is 0 Å². The van der Waals surface area contributed by atoms with Crippen LogP contribution in [0.25, 0.3) is 0 Å². The molecule has 0 aromatic carbocycles. The first-order valence-electron chi connectivity index (χ1n) is 2.14. The van der Waals surface area contributed by atoms with Crippen molar-refractivity contribution in [3.05, 3.63) is 0 Å².